The Balaban J connectivity index is 2.33. The van der Waals surface area contributed by atoms with Crippen molar-refractivity contribution in [2.45, 2.75) is 6.92 Å². The van der Waals surface area contributed by atoms with Gasteiger partial charge in [0.2, 0.25) is 0 Å². The molecule has 1 aromatic carbocycles. The number of rotatable bonds is 2. The van der Waals surface area contributed by atoms with Gasteiger partial charge in [-0.3, -0.25) is 9.59 Å². The van der Waals surface area contributed by atoms with Crippen molar-refractivity contribution in [2.75, 3.05) is 11.9 Å². The van der Waals surface area contributed by atoms with Crippen molar-refractivity contribution in [3.63, 3.8) is 0 Å². The molecule has 98 valence electrons. The highest BCUT2D eigenvalue weighted by Gasteiger charge is 2.16. The number of H-pyrrole nitrogens is 1. The molecule has 2 rings (SSSR count). The number of pyridine rings is 1. The number of phenolic OH excluding ortho intramolecular Hbond substituents is 1. The topological polar surface area (TPSA) is 73.4 Å². The Kier molecular flexibility index (Phi) is 3.37. The van der Waals surface area contributed by atoms with Gasteiger partial charge in [-0.1, -0.05) is 0 Å². The van der Waals surface area contributed by atoms with E-state index < -0.39 is 11.5 Å². The van der Waals surface area contributed by atoms with Crippen LogP contribution in [0.4, 0.5) is 5.69 Å². The van der Waals surface area contributed by atoms with Gasteiger partial charge in [-0.25, -0.2) is 0 Å². The first-order valence-electron chi connectivity index (χ1n) is 5.76. The minimum Gasteiger partial charge on any atom is -0.508 e. The summed E-state index contributed by atoms with van der Waals surface area (Å²) in [5.74, 6) is -0.273. The Morgan fingerprint density at radius 2 is 1.79 bits per heavy atom. The van der Waals surface area contributed by atoms with Crippen LogP contribution in [0.5, 0.6) is 5.75 Å². The Morgan fingerprint density at radius 1 is 1.16 bits per heavy atom. The van der Waals surface area contributed by atoms with Crippen molar-refractivity contribution in [1.82, 2.24) is 4.98 Å². The predicted octanol–water partition coefficient (Wildman–Crippen LogP) is 1.67. The second kappa shape index (κ2) is 4.97. The molecule has 0 aliphatic rings. The van der Waals surface area contributed by atoms with E-state index >= 15 is 0 Å². The number of nitrogens with one attached hydrogen (secondary N) is 1. The van der Waals surface area contributed by atoms with Gasteiger partial charge in [0, 0.05) is 18.4 Å². The van der Waals surface area contributed by atoms with Gasteiger partial charge in [0.1, 0.15) is 11.3 Å². The third kappa shape index (κ3) is 2.65. The Bertz CT molecular complexity index is 659. The molecule has 5 heteroatoms. The summed E-state index contributed by atoms with van der Waals surface area (Å²) in [5.41, 5.74) is 0.980. The fourth-order valence-electron chi connectivity index (χ4n) is 1.71. The molecule has 2 aromatic rings. The van der Waals surface area contributed by atoms with Gasteiger partial charge in [-0.05, 0) is 43.3 Å². The number of carbonyl (C=O) groups excluding carboxylic acids is 1. The lowest BCUT2D eigenvalue weighted by Crippen LogP contribution is -2.31. The van der Waals surface area contributed by atoms with Crippen LogP contribution in [-0.2, 0) is 0 Å². The molecule has 0 fully saturated rings. The molecule has 0 bridgehead atoms. The van der Waals surface area contributed by atoms with Gasteiger partial charge in [0.05, 0.1) is 0 Å². The summed E-state index contributed by atoms with van der Waals surface area (Å²) in [4.78, 5) is 27.9. The normalized spacial score (nSPS) is 10.2. The first-order valence-corrected chi connectivity index (χ1v) is 5.76. The van der Waals surface area contributed by atoms with Gasteiger partial charge < -0.3 is 15.0 Å². The van der Waals surface area contributed by atoms with E-state index in [0.717, 1.165) is 0 Å². The highest BCUT2D eigenvalue weighted by Crippen LogP contribution is 2.18. The van der Waals surface area contributed by atoms with Crippen molar-refractivity contribution < 1.29 is 9.90 Å². The Hall–Kier alpha value is -2.56. The Labute approximate surface area is 110 Å². The predicted molar refractivity (Wildman–Crippen MR) is 72.6 cm³/mol. The molecule has 0 aliphatic heterocycles. The molecule has 19 heavy (non-hydrogen) atoms. The van der Waals surface area contributed by atoms with Gasteiger partial charge in [0.25, 0.3) is 11.5 Å². The zero-order valence-electron chi connectivity index (χ0n) is 10.7. The van der Waals surface area contributed by atoms with E-state index in [4.69, 9.17) is 0 Å². The number of aromatic amines is 1. The molecule has 0 saturated carbocycles. The Morgan fingerprint density at radius 3 is 2.37 bits per heavy atom. The summed E-state index contributed by atoms with van der Waals surface area (Å²) >= 11 is 0. The largest absolute Gasteiger partial charge is 0.508 e. The van der Waals surface area contributed by atoms with Crippen LogP contribution in [0.25, 0.3) is 0 Å². The highest BCUT2D eigenvalue weighted by atomic mass is 16.3. The number of phenols is 1. The van der Waals surface area contributed by atoms with E-state index in [0.29, 0.717) is 11.4 Å². The summed E-state index contributed by atoms with van der Waals surface area (Å²) in [6.07, 6.45) is 0. The fourth-order valence-corrected chi connectivity index (χ4v) is 1.71. The number of aryl methyl sites for hydroxylation is 1. The van der Waals surface area contributed by atoms with Gasteiger partial charge in [0.15, 0.2) is 0 Å². The van der Waals surface area contributed by atoms with Gasteiger partial charge >= 0.3 is 0 Å². The number of nitrogens with zero attached hydrogens (tertiary/aromatic N) is 1. The molecule has 1 heterocycles. The number of aromatic hydroxyl groups is 1. The zero-order chi connectivity index (χ0) is 14.0. The van der Waals surface area contributed by atoms with E-state index in [1.807, 2.05) is 0 Å². The number of amides is 1. The quantitative estimate of drug-likeness (QED) is 0.860. The van der Waals surface area contributed by atoms with Crippen LogP contribution in [-0.4, -0.2) is 23.0 Å². The molecule has 0 spiro atoms. The third-order valence-corrected chi connectivity index (χ3v) is 2.83. The summed E-state index contributed by atoms with van der Waals surface area (Å²) < 4.78 is 0. The second-order valence-electron chi connectivity index (χ2n) is 4.26. The minimum atomic E-state index is -0.407. The molecule has 0 radical (unpaired) electrons. The van der Waals surface area contributed by atoms with Gasteiger partial charge in [-0.15, -0.1) is 0 Å². The van der Waals surface area contributed by atoms with Crippen molar-refractivity contribution >= 4 is 11.6 Å². The molecule has 0 unspecified atom stereocenters. The molecular formula is C14H14N2O3. The van der Waals surface area contributed by atoms with Crippen LogP contribution in [0.15, 0.2) is 41.2 Å². The van der Waals surface area contributed by atoms with Crippen molar-refractivity contribution in [3.05, 3.63) is 58.0 Å². The SMILES string of the molecule is Cc1ccc(C(=O)N(C)c2ccc(O)cc2)c(=O)[nH]1. The number of hydrogen-bond acceptors (Lipinski definition) is 3. The first kappa shape index (κ1) is 12.9. The highest BCUT2D eigenvalue weighted by molar-refractivity contribution is 6.05. The maximum Gasteiger partial charge on any atom is 0.263 e. The minimum absolute atomic E-state index is 0.0844. The lowest BCUT2D eigenvalue weighted by atomic mass is 10.2. The standard InChI is InChI=1S/C14H14N2O3/c1-9-3-8-12(13(18)15-9)14(19)16(2)10-4-6-11(17)7-5-10/h3-8,17H,1-2H3,(H,15,18). The maximum absolute atomic E-state index is 12.2. The zero-order valence-corrected chi connectivity index (χ0v) is 10.7. The molecule has 5 nitrogen and oxygen atoms in total. The molecular weight excluding hydrogens is 244 g/mol. The van der Waals surface area contributed by atoms with E-state index in [-0.39, 0.29) is 11.3 Å². The van der Waals surface area contributed by atoms with Gasteiger partial charge in [-0.2, -0.15) is 0 Å². The lowest BCUT2D eigenvalue weighted by molar-refractivity contribution is 0.0991. The van der Waals surface area contributed by atoms with Crippen LogP contribution >= 0.6 is 0 Å². The summed E-state index contributed by atoms with van der Waals surface area (Å²) in [7, 11) is 1.58. The van der Waals surface area contributed by atoms with Crippen LogP contribution < -0.4 is 10.5 Å². The summed E-state index contributed by atoms with van der Waals surface area (Å²) in [6.45, 7) is 1.75. The van der Waals surface area contributed by atoms with E-state index in [2.05, 4.69) is 4.98 Å². The van der Waals surface area contributed by atoms with Crippen molar-refractivity contribution in [3.8, 4) is 5.75 Å². The van der Waals surface area contributed by atoms with Crippen molar-refractivity contribution in [1.29, 1.82) is 0 Å². The van der Waals surface area contributed by atoms with Crippen LogP contribution in [0.3, 0.4) is 0 Å². The molecule has 1 aromatic heterocycles. The van der Waals surface area contributed by atoms with E-state index in [9.17, 15) is 14.7 Å². The monoisotopic (exact) mass is 258 g/mol. The lowest BCUT2D eigenvalue weighted by Gasteiger charge is -2.17. The average Bonchev–Trinajstić information content (AvgIpc) is 2.38. The average molecular weight is 258 g/mol. The number of carbonyl (C=O) groups is 1. The molecule has 1 amide bonds. The number of anilines is 1. The molecule has 2 N–H and O–H groups in total. The number of hydrogen-bond donors (Lipinski definition) is 2. The van der Waals surface area contributed by atoms with Crippen LogP contribution in [0, 0.1) is 6.92 Å². The molecule has 0 saturated heterocycles. The maximum atomic E-state index is 12.2. The number of benzene rings is 1. The van der Waals surface area contributed by atoms with Crippen LogP contribution in [0.2, 0.25) is 0 Å². The third-order valence-electron chi connectivity index (χ3n) is 2.83. The van der Waals surface area contributed by atoms with Crippen LogP contribution in [0.1, 0.15) is 16.1 Å². The van der Waals surface area contributed by atoms with Crippen molar-refractivity contribution in [2.24, 2.45) is 0 Å². The summed E-state index contributed by atoms with van der Waals surface area (Å²) in [5, 5.41) is 9.21. The fraction of sp³-hybridized carbons (Fsp3) is 0.143. The first-order chi connectivity index (χ1) is 8.99. The van der Waals surface area contributed by atoms with E-state index in [1.54, 1.807) is 32.2 Å². The smallest absolute Gasteiger partial charge is 0.263 e. The van der Waals surface area contributed by atoms with E-state index in [1.165, 1.54) is 23.1 Å². The summed E-state index contributed by atoms with van der Waals surface area (Å²) in [6, 6.07) is 9.37. The number of aromatic nitrogens is 1. The molecule has 0 aliphatic carbocycles. The second-order valence-corrected chi connectivity index (χ2v) is 4.26. The molecule has 0 atom stereocenters.